The SMILES string of the molecule is CCCO[C@H]1CCCN(C(=O)Nc2cccnc2Oc2ccc(F)cc2)C1. The highest BCUT2D eigenvalue weighted by Crippen LogP contribution is 2.27. The fourth-order valence-corrected chi connectivity index (χ4v) is 2.92. The van der Waals surface area contributed by atoms with Gasteiger partial charge in [-0.25, -0.2) is 14.2 Å². The lowest BCUT2D eigenvalue weighted by Gasteiger charge is -2.32. The molecule has 1 fully saturated rings. The van der Waals surface area contributed by atoms with E-state index in [0.717, 1.165) is 19.3 Å². The van der Waals surface area contributed by atoms with Crippen molar-refractivity contribution in [2.45, 2.75) is 32.3 Å². The lowest BCUT2D eigenvalue weighted by Crippen LogP contribution is -2.45. The average molecular weight is 373 g/mol. The Balaban J connectivity index is 1.64. The number of rotatable bonds is 6. The number of ether oxygens (including phenoxy) is 2. The van der Waals surface area contributed by atoms with Gasteiger partial charge in [0.25, 0.3) is 0 Å². The lowest BCUT2D eigenvalue weighted by molar-refractivity contribution is 0.0115. The standard InChI is InChI=1S/C20H24FN3O3/c1-2-13-26-17-5-4-12-24(14-17)20(25)23-18-6-3-11-22-19(18)27-16-9-7-15(21)8-10-16/h3,6-11,17H,2,4-5,12-14H2,1H3,(H,23,25)/t17-/m0/s1. The number of amides is 2. The van der Waals surface area contributed by atoms with Gasteiger partial charge in [-0.05, 0) is 55.7 Å². The van der Waals surface area contributed by atoms with Gasteiger partial charge in [-0.3, -0.25) is 0 Å². The number of carbonyl (C=O) groups excluding carboxylic acids is 1. The number of halogens is 1. The largest absolute Gasteiger partial charge is 0.437 e. The van der Waals surface area contributed by atoms with Crippen LogP contribution in [0.15, 0.2) is 42.6 Å². The number of likely N-dealkylation sites (tertiary alicyclic amines) is 1. The van der Waals surface area contributed by atoms with Crippen molar-refractivity contribution in [2.75, 3.05) is 25.0 Å². The van der Waals surface area contributed by atoms with Crippen LogP contribution in [0, 0.1) is 5.82 Å². The van der Waals surface area contributed by atoms with Gasteiger partial charge >= 0.3 is 6.03 Å². The van der Waals surface area contributed by atoms with Gasteiger partial charge in [0.2, 0.25) is 5.88 Å². The smallest absolute Gasteiger partial charge is 0.322 e. The summed E-state index contributed by atoms with van der Waals surface area (Å²) >= 11 is 0. The summed E-state index contributed by atoms with van der Waals surface area (Å²) in [4.78, 5) is 18.6. The van der Waals surface area contributed by atoms with E-state index in [1.165, 1.54) is 24.3 Å². The Hall–Kier alpha value is -2.67. The van der Waals surface area contributed by atoms with E-state index in [4.69, 9.17) is 9.47 Å². The van der Waals surface area contributed by atoms with Crippen LogP contribution in [0.5, 0.6) is 11.6 Å². The van der Waals surface area contributed by atoms with Crippen LogP contribution in [0.2, 0.25) is 0 Å². The van der Waals surface area contributed by atoms with E-state index in [-0.39, 0.29) is 23.8 Å². The van der Waals surface area contributed by atoms with E-state index in [1.807, 2.05) is 0 Å². The van der Waals surface area contributed by atoms with Crippen LogP contribution in [0.1, 0.15) is 26.2 Å². The number of nitrogens with one attached hydrogen (secondary N) is 1. The van der Waals surface area contributed by atoms with Crippen molar-refractivity contribution in [1.82, 2.24) is 9.88 Å². The van der Waals surface area contributed by atoms with Crippen molar-refractivity contribution in [3.8, 4) is 11.6 Å². The summed E-state index contributed by atoms with van der Waals surface area (Å²) < 4.78 is 24.5. The first-order valence-corrected chi connectivity index (χ1v) is 9.21. The minimum atomic E-state index is -0.346. The van der Waals surface area contributed by atoms with Crippen LogP contribution >= 0.6 is 0 Å². The van der Waals surface area contributed by atoms with Crippen molar-refractivity contribution in [3.63, 3.8) is 0 Å². The monoisotopic (exact) mass is 373 g/mol. The van der Waals surface area contributed by atoms with Crippen molar-refractivity contribution in [3.05, 3.63) is 48.4 Å². The Labute approximate surface area is 158 Å². The summed E-state index contributed by atoms with van der Waals surface area (Å²) in [5.41, 5.74) is 0.462. The maximum absolute atomic E-state index is 13.0. The van der Waals surface area contributed by atoms with Crippen molar-refractivity contribution in [1.29, 1.82) is 0 Å². The van der Waals surface area contributed by atoms with Crippen LogP contribution < -0.4 is 10.1 Å². The second kappa shape index (κ2) is 9.32. The third-order valence-electron chi connectivity index (χ3n) is 4.26. The molecule has 0 saturated carbocycles. The first kappa shape index (κ1) is 19.1. The van der Waals surface area contributed by atoms with Gasteiger partial charge in [0.1, 0.15) is 17.3 Å². The number of carbonyl (C=O) groups is 1. The molecule has 1 N–H and O–H groups in total. The van der Waals surface area contributed by atoms with Gasteiger partial charge in [-0.2, -0.15) is 0 Å². The number of aromatic nitrogens is 1. The Kier molecular flexibility index (Phi) is 6.59. The highest BCUT2D eigenvalue weighted by atomic mass is 19.1. The number of anilines is 1. The zero-order valence-corrected chi connectivity index (χ0v) is 15.4. The quantitative estimate of drug-likeness (QED) is 0.813. The van der Waals surface area contributed by atoms with Gasteiger partial charge in [-0.15, -0.1) is 0 Å². The molecule has 144 valence electrons. The van der Waals surface area contributed by atoms with Crippen LogP contribution in [0.3, 0.4) is 0 Å². The molecule has 1 aromatic heterocycles. The maximum atomic E-state index is 13.0. The zero-order valence-electron chi connectivity index (χ0n) is 15.4. The molecule has 1 saturated heterocycles. The van der Waals surface area contributed by atoms with E-state index in [0.29, 0.717) is 31.1 Å². The molecule has 2 aromatic rings. The van der Waals surface area contributed by atoms with E-state index in [2.05, 4.69) is 17.2 Å². The molecule has 0 aliphatic carbocycles. The molecule has 2 heterocycles. The molecule has 2 amide bonds. The van der Waals surface area contributed by atoms with Crippen LogP contribution in [-0.4, -0.2) is 41.7 Å². The predicted octanol–water partition coefficient (Wildman–Crippen LogP) is 4.44. The fraction of sp³-hybridized carbons (Fsp3) is 0.400. The molecule has 1 atom stereocenters. The molecule has 27 heavy (non-hydrogen) atoms. The third-order valence-corrected chi connectivity index (χ3v) is 4.26. The number of hydrogen-bond donors (Lipinski definition) is 1. The number of benzene rings is 1. The number of hydrogen-bond acceptors (Lipinski definition) is 4. The number of urea groups is 1. The second-order valence-electron chi connectivity index (χ2n) is 6.42. The fourth-order valence-electron chi connectivity index (χ4n) is 2.92. The van der Waals surface area contributed by atoms with Crippen LogP contribution in [-0.2, 0) is 4.74 Å². The van der Waals surface area contributed by atoms with Crippen LogP contribution in [0.4, 0.5) is 14.9 Å². The van der Waals surface area contributed by atoms with Gasteiger partial charge in [-0.1, -0.05) is 6.92 Å². The second-order valence-corrected chi connectivity index (χ2v) is 6.42. The maximum Gasteiger partial charge on any atom is 0.322 e. The minimum Gasteiger partial charge on any atom is -0.437 e. The first-order chi connectivity index (χ1) is 13.2. The molecule has 3 rings (SSSR count). The molecule has 6 nitrogen and oxygen atoms in total. The molecule has 0 radical (unpaired) electrons. The van der Waals surface area contributed by atoms with Crippen LogP contribution in [0.25, 0.3) is 0 Å². The van der Waals surface area contributed by atoms with Gasteiger partial charge in [0.15, 0.2) is 0 Å². The Morgan fingerprint density at radius 1 is 1.33 bits per heavy atom. The molecule has 1 aliphatic heterocycles. The Morgan fingerprint density at radius 3 is 2.93 bits per heavy atom. The lowest BCUT2D eigenvalue weighted by atomic mass is 10.1. The molecule has 0 spiro atoms. The van der Waals surface area contributed by atoms with E-state index >= 15 is 0 Å². The topological polar surface area (TPSA) is 63.7 Å². The summed E-state index contributed by atoms with van der Waals surface area (Å²) in [6.45, 7) is 4.03. The minimum absolute atomic E-state index is 0.0771. The van der Waals surface area contributed by atoms with Gasteiger partial charge < -0.3 is 19.7 Å². The van der Waals surface area contributed by atoms with Gasteiger partial charge in [0, 0.05) is 25.9 Å². The first-order valence-electron chi connectivity index (χ1n) is 9.21. The van der Waals surface area contributed by atoms with Crippen molar-refractivity contribution >= 4 is 11.7 Å². The molecule has 0 unspecified atom stereocenters. The summed E-state index contributed by atoms with van der Waals surface area (Å²) in [6.07, 6.45) is 4.49. The molecule has 1 aromatic carbocycles. The van der Waals surface area contributed by atoms with E-state index < -0.39 is 0 Å². The summed E-state index contributed by atoms with van der Waals surface area (Å²) in [5, 5.41) is 2.86. The Morgan fingerprint density at radius 2 is 2.15 bits per heavy atom. The van der Waals surface area contributed by atoms with Crippen molar-refractivity contribution < 1.29 is 18.7 Å². The number of nitrogens with zero attached hydrogens (tertiary/aromatic N) is 2. The highest BCUT2D eigenvalue weighted by Gasteiger charge is 2.24. The molecule has 1 aliphatic rings. The number of pyridine rings is 1. The number of piperidine rings is 1. The molecular formula is C20H24FN3O3. The highest BCUT2D eigenvalue weighted by molar-refractivity contribution is 5.90. The molecule has 7 heteroatoms. The van der Waals surface area contributed by atoms with E-state index in [9.17, 15) is 9.18 Å². The normalized spacial score (nSPS) is 16.8. The average Bonchev–Trinajstić information content (AvgIpc) is 2.70. The molecule has 0 bridgehead atoms. The summed E-state index contributed by atoms with van der Waals surface area (Å²) in [7, 11) is 0. The third kappa shape index (κ3) is 5.40. The van der Waals surface area contributed by atoms with Crippen molar-refractivity contribution in [2.24, 2.45) is 0 Å². The summed E-state index contributed by atoms with van der Waals surface area (Å²) in [5.74, 6) is 0.353. The summed E-state index contributed by atoms with van der Waals surface area (Å²) in [6, 6.07) is 8.86. The zero-order chi connectivity index (χ0) is 19.1. The predicted molar refractivity (Wildman–Crippen MR) is 101 cm³/mol. The van der Waals surface area contributed by atoms with E-state index in [1.54, 1.807) is 23.2 Å². The van der Waals surface area contributed by atoms with Gasteiger partial charge in [0.05, 0.1) is 6.10 Å². The molecular weight excluding hydrogens is 349 g/mol. The Bertz CT molecular complexity index is 754.